The number of hydrogen-bond acceptors (Lipinski definition) is 3. The standard InChI is InChI=1S/C17H29IN2O2/c1-10(2)14-7-6-11(3)8-17(14)19(5)16(21)15-13(9-18)12(4)22-20(15)17/h10-15H,6-9H2,1-5H3/t11?,12-,13-,14?,15+,17?/m1/s1. The molecule has 3 unspecified atom stereocenters. The summed E-state index contributed by atoms with van der Waals surface area (Å²) in [6, 6.07) is -0.0801. The van der Waals surface area contributed by atoms with Gasteiger partial charge in [0.2, 0.25) is 5.91 Å². The Hall–Kier alpha value is 0.120. The predicted octanol–water partition coefficient (Wildman–Crippen LogP) is 3.30. The lowest BCUT2D eigenvalue weighted by molar-refractivity contribution is -0.261. The Balaban J connectivity index is 2.05. The van der Waals surface area contributed by atoms with Crippen molar-refractivity contribution in [2.75, 3.05) is 11.5 Å². The molecule has 1 aliphatic carbocycles. The molecule has 3 fully saturated rings. The van der Waals surface area contributed by atoms with Crippen LogP contribution in [0.1, 0.15) is 47.0 Å². The zero-order valence-electron chi connectivity index (χ0n) is 14.4. The number of halogens is 1. The Morgan fingerprint density at radius 3 is 2.64 bits per heavy atom. The number of carbonyl (C=O) groups excluding carboxylic acids is 1. The second kappa shape index (κ2) is 5.88. The number of alkyl halides is 1. The molecule has 0 aromatic rings. The third-order valence-corrected chi connectivity index (χ3v) is 7.30. The average molecular weight is 420 g/mol. The van der Waals surface area contributed by atoms with Crippen molar-refractivity contribution >= 4 is 28.5 Å². The summed E-state index contributed by atoms with van der Waals surface area (Å²) in [7, 11) is 2.01. The summed E-state index contributed by atoms with van der Waals surface area (Å²) >= 11 is 2.40. The van der Waals surface area contributed by atoms with Gasteiger partial charge in [-0.05, 0) is 31.6 Å². The molecule has 1 amide bonds. The number of fused-ring (bicyclic) bond motifs is 2. The number of hydroxylamine groups is 2. The molecule has 126 valence electrons. The number of likely N-dealkylation sites (N-methyl/N-ethyl adjacent to an activating group) is 1. The van der Waals surface area contributed by atoms with Crippen molar-refractivity contribution in [3.8, 4) is 0 Å². The van der Waals surface area contributed by atoms with Crippen LogP contribution in [0.25, 0.3) is 0 Å². The molecule has 1 saturated carbocycles. The van der Waals surface area contributed by atoms with Gasteiger partial charge in [0.05, 0.1) is 6.10 Å². The van der Waals surface area contributed by atoms with Gasteiger partial charge < -0.3 is 4.90 Å². The zero-order chi connectivity index (χ0) is 16.2. The summed E-state index contributed by atoms with van der Waals surface area (Å²) in [6.07, 6.45) is 3.62. The minimum absolute atomic E-state index is 0.0801. The summed E-state index contributed by atoms with van der Waals surface area (Å²) in [5.74, 6) is 2.26. The van der Waals surface area contributed by atoms with E-state index in [0.717, 1.165) is 10.8 Å². The van der Waals surface area contributed by atoms with Crippen molar-refractivity contribution in [3.05, 3.63) is 0 Å². The van der Waals surface area contributed by atoms with E-state index >= 15 is 0 Å². The minimum atomic E-state index is -0.234. The second-order valence-electron chi connectivity index (χ2n) is 7.91. The summed E-state index contributed by atoms with van der Waals surface area (Å²) in [5, 5.41) is 2.14. The molecule has 2 aliphatic heterocycles. The predicted molar refractivity (Wildman–Crippen MR) is 95.4 cm³/mol. The molecule has 0 N–H and O–H groups in total. The average Bonchev–Trinajstić information content (AvgIpc) is 2.89. The number of amides is 1. The molecule has 3 rings (SSSR count). The van der Waals surface area contributed by atoms with E-state index < -0.39 is 0 Å². The van der Waals surface area contributed by atoms with Gasteiger partial charge in [-0.25, -0.2) is 0 Å². The number of carbonyl (C=O) groups is 1. The van der Waals surface area contributed by atoms with Gasteiger partial charge in [0.1, 0.15) is 11.7 Å². The van der Waals surface area contributed by atoms with Crippen LogP contribution in [0, 0.1) is 23.7 Å². The Labute approximate surface area is 148 Å². The van der Waals surface area contributed by atoms with Crippen LogP contribution >= 0.6 is 22.6 Å². The van der Waals surface area contributed by atoms with Crippen LogP contribution in [0.15, 0.2) is 0 Å². The molecule has 6 atom stereocenters. The van der Waals surface area contributed by atoms with Crippen molar-refractivity contribution in [2.45, 2.75) is 64.8 Å². The maximum atomic E-state index is 13.1. The first kappa shape index (κ1) is 17.0. The smallest absolute Gasteiger partial charge is 0.244 e. The van der Waals surface area contributed by atoms with Gasteiger partial charge in [-0.15, -0.1) is 0 Å². The van der Waals surface area contributed by atoms with E-state index in [1.54, 1.807) is 0 Å². The topological polar surface area (TPSA) is 32.8 Å². The molecule has 2 saturated heterocycles. The van der Waals surface area contributed by atoms with Crippen LogP contribution in [0.3, 0.4) is 0 Å². The highest BCUT2D eigenvalue weighted by Crippen LogP contribution is 2.54. The van der Waals surface area contributed by atoms with E-state index in [9.17, 15) is 4.79 Å². The van der Waals surface area contributed by atoms with E-state index in [2.05, 4.69) is 55.3 Å². The summed E-state index contributed by atoms with van der Waals surface area (Å²) < 4.78 is 0.970. The Bertz CT molecular complexity index is 458. The lowest BCUT2D eigenvalue weighted by atomic mass is 9.69. The first-order valence-electron chi connectivity index (χ1n) is 8.64. The fourth-order valence-electron chi connectivity index (χ4n) is 5.08. The van der Waals surface area contributed by atoms with E-state index in [0.29, 0.717) is 23.7 Å². The van der Waals surface area contributed by atoms with Crippen molar-refractivity contribution in [1.29, 1.82) is 0 Å². The molecule has 5 heteroatoms. The number of rotatable bonds is 2. The summed E-state index contributed by atoms with van der Waals surface area (Å²) in [5.41, 5.74) is -0.234. The van der Waals surface area contributed by atoms with Crippen molar-refractivity contribution < 1.29 is 9.63 Å². The molecule has 2 heterocycles. The fraction of sp³-hybridized carbons (Fsp3) is 0.941. The normalized spacial score (nSPS) is 46.0. The maximum Gasteiger partial charge on any atom is 0.244 e. The van der Waals surface area contributed by atoms with Crippen molar-refractivity contribution in [1.82, 2.24) is 9.96 Å². The summed E-state index contributed by atoms with van der Waals surface area (Å²) in [6.45, 7) is 9.03. The zero-order valence-corrected chi connectivity index (χ0v) is 16.5. The largest absolute Gasteiger partial charge is 0.323 e. The highest BCUT2D eigenvalue weighted by Gasteiger charge is 2.66. The van der Waals surface area contributed by atoms with Crippen LogP contribution in [0.2, 0.25) is 0 Å². The molecule has 3 aliphatic rings. The number of hydrogen-bond donors (Lipinski definition) is 0. The Kier molecular flexibility index (Phi) is 4.54. The van der Waals surface area contributed by atoms with Gasteiger partial charge in [-0.2, -0.15) is 5.06 Å². The van der Waals surface area contributed by atoms with E-state index in [-0.39, 0.29) is 23.7 Å². The molecule has 0 bridgehead atoms. The molecule has 1 spiro atoms. The van der Waals surface area contributed by atoms with Gasteiger partial charge in [0.15, 0.2) is 0 Å². The highest BCUT2D eigenvalue weighted by atomic mass is 127. The van der Waals surface area contributed by atoms with E-state index in [4.69, 9.17) is 4.84 Å². The van der Waals surface area contributed by atoms with Crippen LogP contribution in [0.5, 0.6) is 0 Å². The van der Waals surface area contributed by atoms with E-state index in [1.165, 1.54) is 12.8 Å². The minimum Gasteiger partial charge on any atom is -0.323 e. The molecular weight excluding hydrogens is 391 g/mol. The summed E-state index contributed by atoms with van der Waals surface area (Å²) in [4.78, 5) is 21.4. The molecule has 22 heavy (non-hydrogen) atoms. The number of nitrogens with zero attached hydrogens (tertiary/aromatic N) is 2. The monoisotopic (exact) mass is 420 g/mol. The van der Waals surface area contributed by atoms with Crippen LogP contribution < -0.4 is 0 Å². The fourth-order valence-corrected chi connectivity index (χ4v) is 6.28. The van der Waals surface area contributed by atoms with Crippen LogP contribution in [-0.2, 0) is 9.63 Å². The van der Waals surface area contributed by atoms with Gasteiger partial charge in [0.25, 0.3) is 0 Å². The second-order valence-corrected chi connectivity index (χ2v) is 8.79. The molecule has 0 aromatic heterocycles. The third-order valence-electron chi connectivity index (χ3n) is 6.28. The van der Waals surface area contributed by atoms with Gasteiger partial charge in [-0.1, -0.05) is 49.8 Å². The molecule has 0 radical (unpaired) electrons. The SMILES string of the molecule is CC1CCC(C(C)C)C2(C1)N(C)C(=O)[C@@H]1[C@H](CI)[C@@H](C)ON12. The van der Waals surface area contributed by atoms with E-state index in [1.807, 2.05) is 11.9 Å². The van der Waals surface area contributed by atoms with Crippen molar-refractivity contribution in [3.63, 3.8) is 0 Å². The maximum absolute atomic E-state index is 13.1. The van der Waals surface area contributed by atoms with Gasteiger partial charge in [0, 0.05) is 23.3 Å². The first-order valence-corrected chi connectivity index (χ1v) is 10.2. The first-order chi connectivity index (χ1) is 10.3. The van der Waals surface area contributed by atoms with Gasteiger partial charge >= 0.3 is 0 Å². The van der Waals surface area contributed by atoms with Crippen molar-refractivity contribution in [2.24, 2.45) is 23.7 Å². The lowest BCUT2D eigenvalue weighted by Crippen LogP contribution is -2.61. The van der Waals surface area contributed by atoms with Crippen LogP contribution in [-0.4, -0.2) is 45.2 Å². The van der Waals surface area contributed by atoms with Crippen LogP contribution in [0.4, 0.5) is 0 Å². The third kappa shape index (κ3) is 2.18. The molecule has 0 aromatic carbocycles. The molecular formula is C17H29IN2O2. The lowest BCUT2D eigenvalue weighted by Gasteiger charge is -2.52. The molecule has 4 nitrogen and oxygen atoms in total. The Morgan fingerprint density at radius 1 is 1.36 bits per heavy atom. The Morgan fingerprint density at radius 2 is 2.05 bits per heavy atom. The highest BCUT2D eigenvalue weighted by molar-refractivity contribution is 14.1. The quantitative estimate of drug-likeness (QED) is 0.508. The van der Waals surface area contributed by atoms with Gasteiger partial charge in [-0.3, -0.25) is 9.63 Å².